The largest absolute Gasteiger partial charge is 0.326 e. The fraction of sp³-hybridized carbons (Fsp3) is 0.100. The minimum absolute atomic E-state index is 0.0376. The van der Waals surface area contributed by atoms with Crippen molar-refractivity contribution in [2.75, 3.05) is 4.72 Å². The van der Waals surface area contributed by atoms with E-state index in [0.717, 1.165) is 6.07 Å². The van der Waals surface area contributed by atoms with Gasteiger partial charge in [-0.05, 0) is 18.2 Å². The van der Waals surface area contributed by atoms with Crippen LogP contribution in [0.25, 0.3) is 0 Å². The lowest BCUT2D eigenvalue weighted by molar-refractivity contribution is 0.595. The molecule has 0 radical (unpaired) electrons. The SMILES string of the molecule is NCc1cn[nH]c1S(=O)(=O)Nc1cccc(F)c1. The number of aromatic amines is 1. The number of H-pyrrole nitrogens is 1. The van der Waals surface area contributed by atoms with Crippen LogP contribution in [-0.4, -0.2) is 18.6 Å². The average molecular weight is 270 g/mol. The van der Waals surface area contributed by atoms with E-state index >= 15 is 0 Å². The van der Waals surface area contributed by atoms with Gasteiger partial charge in [0.1, 0.15) is 5.82 Å². The van der Waals surface area contributed by atoms with E-state index in [1.165, 1.54) is 24.4 Å². The Balaban J connectivity index is 2.33. The Labute approximate surface area is 103 Å². The zero-order valence-electron chi connectivity index (χ0n) is 9.22. The number of nitrogens with two attached hydrogens (primary N) is 1. The highest BCUT2D eigenvalue weighted by molar-refractivity contribution is 7.92. The number of hydrogen-bond acceptors (Lipinski definition) is 4. The summed E-state index contributed by atoms with van der Waals surface area (Å²) in [4.78, 5) is 0. The molecule has 2 rings (SSSR count). The number of nitrogens with zero attached hydrogens (tertiary/aromatic N) is 1. The molecule has 18 heavy (non-hydrogen) atoms. The number of nitrogens with one attached hydrogen (secondary N) is 2. The Hall–Kier alpha value is -1.93. The van der Waals surface area contributed by atoms with Crippen LogP contribution in [0.3, 0.4) is 0 Å². The zero-order chi connectivity index (χ0) is 13.2. The molecule has 2 aromatic rings. The summed E-state index contributed by atoms with van der Waals surface area (Å²) >= 11 is 0. The van der Waals surface area contributed by atoms with Gasteiger partial charge in [-0.3, -0.25) is 9.82 Å². The van der Waals surface area contributed by atoms with E-state index in [1.54, 1.807) is 0 Å². The van der Waals surface area contributed by atoms with Crippen LogP contribution in [0, 0.1) is 5.82 Å². The van der Waals surface area contributed by atoms with Crippen LogP contribution in [0.1, 0.15) is 5.56 Å². The Morgan fingerprint density at radius 2 is 2.22 bits per heavy atom. The van der Waals surface area contributed by atoms with E-state index in [-0.39, 0.29) is 17.3 Å². The smallest absolute Gasteiger partial charge is 0.279 e. The van der Waals surface area contributed by atoms with Crippen molar-refractivity contribution in [1.29, 1.82) is 0 Å². The maximum absolute atomic E-state index is 13.0. The minimum atomic E-state index is -3.84. The fourth-order valence-electron chi connectivity index (χ4n) is 1.44. The lowest BCUT2D eigenvalue weighted by Gasteiger charge is -2.07. The Morgan fingerprint density at radius 1 is 1.44 bits per heavy atom. The number of anilines is 1. The predicted molar refractivity (Wildman–Crippen MR) is 63.7 cm³/mol. The van der Waals surface area contributed by atoms with Crippen molar-refractivity contribution in [3.63, 3.8) is 0 Å². The molecule has 0 unspecified atom stereocenters. The van der Waals surface area contributed by atoms with Gasteiger partial charge < -0.3 is 5.73 Å². The fourth-order valence-corrected chi connectivity index (χ4v) is 2.63. The topological polar surface area (TPSA) is 101 Å². The van der Waals surface area contributed by atoms with Crippen LogP contribution in [0.4, 0.5) is 10.1 Å². The first kappa shape index (κ1) is 12.5. The van der Waals surface area contributed by atoms with Gasteiger partial charge in [0.15, 0.2) is 5.03 Å². The van der Waals surface area contributed by atoms with Gasteiger partial charge in [0.25, 0.3) is 10.0 Å². The maximum Gasteiger partial charge on any atom is 0.279 e. The zero-order valence-corrected chi connectivity index (χ0v) is 10.0. The molecular formula is C10H11FN4O2S. The minimum Gasteiger partial charge on any atom is -0.326 e. The third kappa shape index (κ3) is 2.49. The molecule has 0 fully saturated rings. The number of hydrogen-bond donors (Lipinski definition) is 3. The molecule has 0 saturated heterocycles. The van der Waals surface area contributed by atoms with Gasteiger partial charge in [0.05, 0.1) is 11.9 Å². The molecule has 96 valence electrons. The van der Waals surface area contributed by atoms with Crippen molar-refractivity contribution in [1.82, 2.24) is 10.2 Å². The Morgan fingerprint density at radius 3 is 2.89 bits per heavy atom. The van der Waals surface area contributed by atoms with Crippen molar-refractivity contribution in [3.8, 4) is 0 Å². The van der Waals surface area contributed by atoms with Gasteiger partial charge in [0, 0.05) is 12.1 Å². The monoisotopic (exact) mass is 270 g/mol. The third-order valence-corrected chi connectivity index (χ3v) is 3.64. The standard InChI is InChI=1S/C10H11FN4O2S/c11-8-2-1-3-9(4-8)15-18(16,17)10-7(5-12)6-13-14-10/h1-4,6,15H,5,12H2,(H,13,14). The number of rotatable bonds is 4. The lowest BCUT2D eigenvalue weighted by Crippen LogP contribution is -2.16. The molecule has 0 aliphatic rings. The van der Waals surface area contributed by atoms with Gasteiger partial charge in [-0.1, -0.05) is 6.07 Å². The van der Waals surface area contributed by atoms with Crippen molar-refractivity contribution >= 4 is 15.7 Å². The molecule has 0 atom stereocenters. The molecule has 6 nitrogen and oxygen atoms in total. The first-order chi connectivity index (χ1) is 8.53. The highest BCUT2D eigenvalue weighted by Crippen LogP contribution is 2.17. The lowest BCUT2D eigenvalue weighted by atomic mass is 10.3. The molecule has 0 amide bonds. The van der Waals surface area contributed by atoms with E-state index in [2.05, 4.69) is 14.9 Å². The molecule has 0 saturated carbocycles. The summed E-state index contributed by atoms with van der Waals surface area (Å²) in [5.74, 6) is -0.529. The van der Waals surface area contributed by atoms with E-state index in [0.29, 0.717) is 5.56 Å². The van der Waals surface area contributed by atoms with Crippen LogP contribution in [-0.2, 0) is 16.6 Å². The highest BCUT2D eigenvalue weighted by atomic mass is 32.2. The summed E-state index contributed by atoms with van der Waals surface area (Å²) in [6.45, 7) is 0.0376. The Kier molecular flexibility index (Phi) is 3.30. The average Bonchev–Trinajstić information content (AvgIpc) is 2.77. The molecule has 8 heteroatoms. The first-order valence-electron chi connectivity index (χ1n) is 5.03. The molecule has 0 aliphatic heterocycles. The van der Waals surface area contributed by atoms with Crippen molar-refractivity contribution in [2.45, 2.75) is 11.6 Å². The van der Waals surface area contributed by atoms with Crippen LogP contribution < -0.4 is 10.5 Å². The summed E-state index contributed by atoms with van der Waals surface area (Å²) in [7, 11) is -3.84. The van der Waals surface area contributed by atoms with Crippen molar-refractivity contribution in [2.24, 2.45) is 5.73 Å². The molecule has 1 heterocycles. The summed E-state index contributed by atoms with van der Waals surface area (Å²) < 4.78 is 39.2. The van der Waals surface area contributed by atoms with E-state index in [9.17, 15) is 12.8 Å². The van der Waals surface area contributed by atoms with Gasteiger partial charge in [0.2, 0.25) is 0 Å². The molecule has 0 spiro atoms. The second kappa shape index (κ2) is 4.75. The second-order valence-electron chi connectivity index (χ2n) is 3.54. The summed E-state index contributed by atoms with van der Waals surface area (Å²) in [6.07, 6.45) is 1.33. The number of sulfonamides is 1. The maximum atomic E-state index is 13.0. The van der Waals surface area contributed by atoms with Gasteiger partial charge in [-0.25, -0.2) is 4.39 Å². The van der Waals surface area contributed by atoms with E-state index in [1.807, 2.05) is 0 Å². The molecule has 1 aromatic heterocycles. The second-order valence-corrected chi connectivity index (χ2v) is 5.16. The number of halogens is 1. The first-order valence-corrected chi connectivity index (χ1v) is 6.52. The molecule has 0 bridgehead atoms. The van der Waals surface area contributed by atoms with Crippen LogP contribution in [0.2, 0.25) is 0 Å². The normalized spacial score (nSPS) is 11.4. The van der Waals surface area contributed by atoms with Crippen LogP contribution in [0.5, 0.6) is 0 Å². The van der Waals surface area contributed by atoms with Crippen molar-refractivity contribution in [3.05, 3.63) is 41.8 Å². The van der Waals surface area contributed by atoms with Gasteiger partial charge in [-0.2, -0.15) is 13.5 Å². The van der Waals surface area contributed by atoms with E-state index < -0.39 is 15.8 Å². The quantitative estimate of drug-likeness (QED) is 0.765. The third-order valence-electron chi connectivity index (χ3n) is 2.24. The van der Waals surface area contributed by atoms with Gasteiger partial charge >= 0.3 is 0 Å². The highest BCUT2D eigenvalue weighted by Gasteiger charge is 2.20. The number of benzene rings is 1. The molecule has 4 N–H and O–H groups in total. The van der Waals surface area contributed by atoms with E-state index in [4.69, 9.17) is 5.73 Å². The van der Waals surface area contributed by atoms with Crippen molar-refractivity contribution < 1.29 is 12.8 Å². The van der Waals surface area contributed by atoms with Crippen LogP contribution in [0.15, 0.2) is 35.5 Å². The summed E-state index contributed by atoms with van der Waals surface area (Å²) in [5.41, 5.74) is 5.89. The predicted octanol–water partition coefficient (Wildman–Crippen LogP) is 0.808. The molecular weight excluding hydrogens is 259 g/mol. The number of aromatic nitrogens is 2. The Bertz CT molecular complexity index is 653. The van der Waals surface area contributed by atoms with Crippen LogP contribution >= 0.6 is 0 Å². The molecule has 1 aromatic carbocycles. The summed E-state index contributed by atoms with van der Waals surface area (Å²) in [5, 5.41) is 5.86. The molecule has 0 aliphatic carbocycles. The van der Waals surface area contributed by atoms with Gasteiger partial charge in [-0.15, -0.1) is 0 Å². The summed E-state index contributed by atoms with van der Waals surface area (Å²) in [6, 6.07) is 5.15.